The predicted molar refractivity (Wildman–Crippen MR) is 35.1 cm³/mol. The molecule has 0 atom stereocenters. The molecule has 0 saturated carbocycles. The molecule has 0 aliphatic carbocycles. The van der Waals surface area contributed by atoms with Gasteiger partial charge in [0, 0.05) is 0 Å². The number of allylic oxidation sites excluding steroid dienone is 1. The van der Waals surface area contributed by atoms with Crippen molar-refractivity contribution in [1.82, 2.24) is 0 Å². The van der Waals surface area contributed by atoms with Gasteiger partial charge in [-0.2, -0.15) is 0 Å². The normalized spacial score (nSPS) is 7.33. The van der Waals surface area contributed by atoms with Crippen LogP contribution >= 0.6 is 11.6 Å². The molecule has 0 rings (SSSR count). The molecule has 0 aromatic rings. The molecule has 0 saturated heterocycles. The van der Waals surface area contributed by atoms with E-state index in [1.807, 2.05) is 0 Å². The Labute approximate surface area is 58.8 Å². The Morgan fingerprint density at radius 2 is 2.56 bits per heavy atom. The molecule has 0 bridgehead atoms. The molecule has 0 fully saturated rings. The number of ether oxygens (including phenoxy) is 1. The second-order valence-corrected chi connectivity index (χ2v) is 1.46. The number of carbonyl (C=O) groups is 1. The Kier molecular flexibility index (Phi) is 4.98. The largest absolute Gasteiger partial charge is 0.425 e. The van der Waals surface area contributed by atoms with Crippen LogP contribution in [-0.2, 0) is 9.53 Å². The van der Waals surface area contributed by atoms with E-state index in [1.54, 1.807) is 13.0 Å². The number of rotatable bonds is 2. The number of halogens is 1. The molecule has 0 heterocycles. The molecule has 3 heteroatoms. The minimum absolute atomic E-state index is 0.123. The fraction of sp³-hybridized carbons (Fsp3) is 0.333. The third kappa shape index (κ3) is 5.15. The number of hydrogen-bond donors (Lipinski definition) is 0. The summed E-state index contributed by atoms with van der Waals surface area (Å²) in [6, 6.07) is 0. The first kappa shape index (κ1) is 8.28. The first-order valence-corrected chi connectivity index (χ1v) is 2.95. The van der Waals surface area contributed by atoms with Crippen molar-refractivity contribution in [2.24, 2.45) is 0 Å². The quantitative estimate of drug-likeness (QED) is 0.255. The number of hydrogen-bond acceptors (Lipinski definition) is 2. The first-order valence-electron chi connectivity index (χ1n) is 2.42. The summed E-state index contributed by atoms with van der Waals surface area (Å²) in [5.74, 6) is -0.590. The summed E-state index contributed by atoms with van der Waals surface area (Å²) >= 11 is 5.10. The molecule has 0 aromatic carbocycles. The van der Waals surface area contributed by atoms with Crippen LogP contribution in [0.15, 0.2) is 18.1 Å². The zero-order chi connectivity index (χ0) is 7.11. The average molecular weight is 147 g/mol. The van der Waals surface area contributed by atoms with Gasteiger partial charge in [-0.1, -0.05) is 5.73 Å². The molecule has 0 amide bonds. The molecule has 0 spiro atoms. The predicted octanol–water partition coefficient (Wildman–Crippen LogP) is 1.46. The highest BCUT2D eigenvalue weighted by molar-refractivity contribution is 6.26. The minimum atomic E-state index is -0.467. The molecule has 50 valence electrons. The van der Waals surface area contributed by atoms with Gasteiger partial charge in [0.1, 0.15) is 12.1 Å². The molecule has 0 aromatic heterocycles. The van der Waals surface area contributed by atoms with Gasteiger partial charge in [-0.05, 0) is 13.0 Å². The van der Waals surface area contributed by atoms with Crippen LogP contribution in [0.3, 0.4) is 0 Å². The summed E-state index contributed by atoms with van der Waals surface area (Å²) in [7, 11) is 0. The molecular formula is C6H7ClO2. The Morgan fingerprint density at radius 1 is 1.89 bits per heavy atom. The van der Waals surface area contributed by atoms with Crippen molar-refractivity contribution in [2.45, 2.75) is 6.92 Å². The summed E-state index contributed by atoms with van der Waals surface area (Å²) in [5, 5.41) is 0. The molecule has 0 aliphatic heterocycles. The molecule has 0 unspecified atom stereocenters. The Bertz CT molecular complexity index is 145. The monoisotopic (exact) mass is 146 g/mol. The van der Waals surface area contributed by atoms with Crippen molar-refractivity contribution in [2.75, 3.05) is 5.88 Å². The summed E-state index contributed by atoms with van der Waals surface area (Å²) in [5.41, 5.74) is 2.56. The maximum Gasteiger partial charge on any atom is 0.326 e. The van der Waals surface area contributed by atoms with Gasteiger partial charge < -0.3 is 4.74 Å². The summed E-state index contributed by atoms with van der Waals surface area (Å²) in [6.45, 7) is 1.77. The third-order valence-electron chi connectivity index (χ3n) is 0.534. The van der Waals surface area contributed by atoms with Crippen LogP contribution in [-0.4, -0.2) is 11.8 Å². The zero-order valence-corrected chi connectivity index (χ0v) is 5.81. The molecule has 0 aliphatic rings. The van der Waals surface area contributed by atoms with Crippen LogP contribution in [0.2, 0.25) is 0 Å². The van der Waals surface area contributed by atoms with Gasteiger partial charge in [0.25, 0.3) is 0 Å². The van der Waals surface area contributed by atoms with Crippen molar-refractivity contribution < 1.29 is 9.53 Å². The molecular weight excluding hydrogens is 140 g/mol. The number of esters is 1. The first-order chi connectivity index (χ1) is 4.31. The van der Waals surface area contributed by atoms with Gasteiger partial charge in [-0.15, -0.1) is 11.6 Å². The van der Waals surface area contributed by atoms with Crippen molar-refractivity contribution in [3.05, 3.63) is 18.1 Å². The van der Waals surface area contributed by atoms with Crippen LogP contribution in [0.4, 0.5) is 0 Å². The second kappa shape index (κ2) is 5.42. The van der Waals surface area contributed by atoms with Crippen molar-refractivity contribution >= 4 is 17.6 Å². The lowest BCUT2D eigenvalue weighted by Crippen LogP contribution is -1.98. The van der Waals surface area contributed by atoms with E-state index in [9.17, 15) is 4.79 Å². The maximum absolute atomic E-state index is 10.2. The van der Waals surface area contributed by atoms with Gasteiger partial charge in [-0.3, -0.25) is 4.79 Å². The van der Waals surface area contributed by atoms with Crippen LogP contribution in [0.5, 0.6) is 0 Å². The average Bonchev–Trinajstić information content (AvgIpc) is 1.89. The SMILES string of the molecule is CC=C=COC(=O)CCl. The minimum Gasteiger partial charge on any atom is -0.425 e. The second-order valence-electron chi connectivity index (χ2n) is 1.20. The molecule has 0 N–H and O–H groups in total. The van der Waals surface area contributed by atoms with Gasteiger partial charge >= 0.3 is 5.97 Å². The number of carbonyl (C=O) groups excluding carboxylic acids is 1. The van der Waals surface area contributed by atoms with Gasteiger partial charge in [0.2, 0.25) is 0 Å². The molecule has 2 nitrogen and oxygen atoms in total. The zero-order valence-electron chi connectivity index (χ0n) is 5.06. The molecule has 0 radical (unpaired) electrons. The smallest absolute Gasteiger partial charge is 0.326 e. The third-order valence-corrected chi connectivity index (χ3v) is 0.752. The van der Waals surface area contributed by atoms with Gasteiger partial charge in [0.15, 0.2) is 0 Å². The van der Waals surface area contributed by atoms with E-state index >= 15 is 0 Å². The standard InChI is InChI=1S/C6H7ClO2/c1-2-3-4-9-6(8)5-7/h2,4H,5H2,1H3. The van der Waals surface area contributed by atoms with E-state index in [1.165, 1.54) is 6.26 Å². The number of alkyl halides is 1. The fourth-order valence-corrected chi connectivity index (χ4v) is 0.262. The van der Waals surface area contributed by atoms with Gasteiger partial charge in [0.05, 0.1) is 0 Å². The highest BCUT2D eigenvalue weighted by Crippen LogP contribution is 1.81. The van der Waals surface area contributed by atoms with E-state index in [0.29, 0.717) is 0 Å². The van der Waals surface area contributed by atoms with Crippen LogP contribution < -0.4 is 0 Å². The lowest BCUT2D eigenvalue weighted by atomic mass is 10.7. The van der Waals surface area contributed by atoms with Crippen LogP contribution in [0.1, 0.15) is 6.92 Å². The fourth-order valence-electron chi connectivity index (χ4n) is 0.199. The summed E-state index contributed by atoms with van der Waals surface area (Å²) < 4.78 is 4.39. The van der Waals surface area contributed by atoms with Crippen LogP contribution in [0.25, 0.3) is 0 Å². The van der Waals surface area contributed by atoms with Gasteiger partial charge in [-0.25, -0.2) is 0 Å². The van der Waals surface area contributed by atoms with Crippen molar-refractivity contribution in [3.63, 3.8) is 0 Å². The highest BCUT2D eigenvalue weighted by Gasteiger charge is 1.92. The van der Waals surface area contributed by atoms with Crippen molar-refractivity contribution in [3.8, 4) is 0 Å². The maximum atomic E-state index is 10.2. The summed E-state index contributed by atoms with van der Waals surface area (Å²) in [6.07, 6.45) is 2.80. The Morgan fingerprint density at radius 3 is 3.00 bits per heavy atom. The highest BCUT2D eigenvalue weighted by atomic mass is 35.5. The van der Waals surface area contributed by atoms with E-state index < -0.39 is 5.97 Å². The van der Waals surface area contributed by atoms with Crippen LogP contribution in [0, 0.1) is 0 Å². The summed E-state index contributed by atoms with van der Waals surface area (Å²) in [4.78, 5) is 10.2. The lowest BCUT2D eigenvalue weighted by Gasteiger charge is -1.87. The lowest BCUT2D eigenvalue weighted by molar-refractivity contribution is -0.135. The van der Waals surface area contributed by atoms with E-state index in [-0.39, 0.29) is 5.88 Å². The Balaban J connectivity index is 3.50. The van der Waals surface area contributed by atoms with Crippen molar-refractivity contribution in [1.29, 1.82) is 0 Å². The topological polar surface area (TPSA) is 26.3 Å². The Hall–Kier alpha value is -0.720. The van der Waals surface area contributed by atoms with E-state index in [2.05, 4.69) is 10.5 Å². The van der Waals surface area contributed by atoms with E-state index in [0.717, 1.165) is 0 Å². The molecule has 9 heavy (non-hydrogen) atoms. The van der Waals surface area contributed by atoms with E-state index in [4.69, 9.17) is 11.6 Å².